The average Bonchev–Trinajstić information content (AvgIpc) is 2.70. The summed E-state index contributed by atoms with van der Waals surface area (Å²) in [6.45, 7) is 1.34. The average molecular weight is 265 g/mol. The van der Waals surface area contributed by atoms with Crippen molar-refractivity contribution in [2.75, 3.05) is 19.7 Å². The second-order valence-corrected chi connectivity index (χ2v) is 5.64. The van der Waals surface area contributed by atoms with E-state index in [1.807, 2.05) is 0 Å². The molecule has 1 aromatic heterocycles. The highest BCUT2D eigenvalue weighted by Crippen LogP contribution is 2.29. The first-order chi connectivity index (χ1) is 8.67. The summed E-state index contributed by atoms with van der Waals surface area (Å²) in [7, 11) is 0. The van der Waals surface area contributed by atoms with Crippen LogP contribution >= 0.6 is 11.3 Å². The predicted molar refractivity (Wildman–Crippen MR) is 68.3 cm³/mol. The molecule has 1 aliphatic rings. The first-order valence-corrected chi connectivity index (χ1v) is 6.58. The number of rotatable bonds is 2. The third kappa shape index (κ3) is 1.89. The summed E-state index contributed by atoms with van der Waals surface area (Å²) in [4.78, 5) is 14.4. The molecule has 3 rings (SSSR count). The van der Waals surface area contributed by atoms with Gasteiger partial charge in [-0.1, -0.05) is 6.07 Å². The van der Waals surface area contributed by atoms with E-state index in [1.165, 1.54) is 23.5 Å². The van der Waals surface area contributed by atoms with Gasteiger partial charge >= 0.3 is 0 Å². The molecule has 1 N–H and O–H groups in total. The number of halogens is 1. The lowest BCUT2D eigenvalue weighted by atomic mass is 10.0. The number of benzene rings is 1. The van der Waals surface area contributed by atoms with Crippen LogP contribution in [0.25, 0.3) is 10.1 Å². The van der Waals surface area contributed by atoms with Gasteiger partial charge < -0.3 is 10.0 Å². The molecule has 0 spiro atoms. The zero-order chi connectivity index (χ0) is 12.7. The minimum Gasteiger partial charge on any atom is -0.396 e. The minimum atomic E-state index is -0.285. The molecule has 2 heterocycles. The zero-order valence-corrected chi connectivity index (χ0v) is 10.4. The van der Waals surface area contributed by atoms with E-state index in [0.717, 1.165) is 10.1 Å². The molecular weight excluding hydrogens is 253 g/mol. The second-order valence-electron chi connectivity index (χ2n) is 4.55. The quantitative estimate of drug-likeness (QED) is 0.903. The standard InChI is InChI=1S/C13H12FNO2S/c14-10-2-1-9-3-12(18-11(9)4-10)13(17)15-5-8(6-15)7-16/h1-4,8,16H,5-7H2. The number of carbonyl (C=O) groups excluding carboxylic acids is 1. The number of thiophene rings is 1. The molecule has 0 unspecified atom stereocenters. The summed E-state index contributed by atoms with van der Waals surface area (Å²) in [5.74, 6) is -0.102. The number of fused-ring (bicyclic) bond motifs is 1. The van der Waals surface area contributed by atoms with E-state index in [9.17, 15) is 9.18 Å². The maximum atomic E-state index is 13.1. The number of aliphatic hydroxyl groups excluding tert-OH is 1. The molecule has 94 valence electrons. The first-order valence-electron chi connectivity index (χ1n) is 5.76. The Kier molecular flexibility index (Phi) is 2.80. The molecule has 5 heteroatoms. The van der Waals surface area contributed by atoms with Crippen molar-refractivity contribution in [3.8, 4) is 0 Å². The summed E-state index contributed by atoms with van der Waals surface area (Å²) >= 11 is 1.31. The van der Waals surface area contributed by atoms with Crippen molar-refractivity contribution < 1.29 is 14.3 Å². The molecule has 0 bridgehead atoms. The molecule has 1 amide bonds. The van der Waals surface area contributed by atoms with E-state index >= 15 is 0 Å². The number of carbonyl (C=O) groups is 1. The van der Waals surface area contributed by atoms with Crippen molar-refractivity contribution in [3.05, 3.63) is 35.0 Å². The van der Waals surface area contributed by atoms with Crippen molar-refractivity contribution in [3.63, 3.8) is 0 Å². The topological polar surface area (TPSA) is 40.5 Å². The number of hydrogen-bond acceptors (Lipinski definition) is 3. The number of amides is 1. The van der Waals surface area contributed by atoms with E-state index in [1.54, 1.807) is 17.0 Å². The Morgan fingerprint density at radius 1 is 1.44 bits per heavy atom. The Morgan fingerprint density at radius 2 is 2.22 bits per heavy atom. The number of aliphatic hydroxyl groups is 1. The molecular formula is C13H12FNO2S. The second kappa shape index (κ2) is 4.33. The minimum absolute atomic E-state index is 0.0266. The molecule has 0 radical (unpaired) electrons. The van der Waals surface area contributed by atoms with Crippen LogP contribution in [-0.2, 0) is 0 Å². The molecule has 1 aromatic carbocycles. The molecule has 18 heavy (non-hydrogen) atoms. The molecule has 0 saturated carbocycles. The van der Waals surface area contributed by atoms with Gasteiger partial charge in [0.15, 0.2) is 0 Å². The van der Waals surface area contributed by atoms with E-state index in [0.29, 0.717) is 18.0 Å². The molecule has 1 aliphatic heterocycles. The van der Waals surface area contributed by atoms with Crippen LogP contribution in [0.15, 0.2) is 24.3 Å². The van der Waals surface area contributed by atoms with Crippen LogP contribution in [0, 0.1) is 11.7 Å². The largest absolute Gasteiger partial charge is 0.396 e. The Balaban J connectivity index is 1.84. The van der Waals surface area contributed by atoms with Crippen LogP contribution in [0.1, 0.15) is 9.67 Å². The highest BCUT2D eigenvalue weighted by atomic mass is 32.1. The van der Waals surface area contributed by atoms with Gasteiger partial charge in [-0.05, 0) is 23.6 Å². The Morgan fingerprint density at radius 3 is 2.94 bits per heavy atom. The number of nitrogens with zero attached hydrogens (tertiary/aromatic N) is 1. The maximum absolute atomic E-state index is 13.1. The molecule has 0 atom stereocenters. The summed E-state index contributed by atoms with van der Waals surface area (Å²) < 4.78 is 13.9. The monoisotopic (exact) mass is 265 g/mol. The van der Waals surface area contributed by atoms with Crippen LogP contribution in [0.4, 0.5) is 4.39 Å². The fraction of sp³-hybridized carbons (Fsp3) is 0.308. The maximum Gasteiger partial charge on any atom is 0.263 e. The SMILES string of the molecule is O=C(c1cc2ccc(F)cc2s1)N1CC(CO)C1. The van der Waals surface area contributed by atoms with E-state index in [4.69, 9.17) is 5.11 Å². The van der Waals surface area contributed by atoms with Crippen molar-refractivity contribution >= 4 is 27.3 Å². The van der Waals surface area contributed by atoms with Gasteiger partial charge in [0.05, 0.1) is 4.88 Å². The van der Waals surface area contributed by atoms with Gasteiger partial charge in [0, 0.05) is 30.3 Å². The van der Waals surface area contributed by atoms with E-state index in [2.05, 4.69) is 0 Å². The van der Waals surface area contributed by atoms with Gasteiger partial charge in [-0.15, -0.1) is 11.3 Å². The number of hydrogen-bond donors (Lipinski definition) is 1. The third-order valence-corrected chi connectivity index (χ3v) is 4.28. The fourth-order valence-electron chi connectivity index (χ4n) is 2.12. The predicted octanol–water partition coefficient (Wildman–Crippen LogP) is 2.10. The van der Waals surface area contributed by atoms with Crippen molar-refractivity contribution in [1.82, 2.24) is 4.90 Å². The lowest BCUT2D eigenvalue weighted by molar-refractivity contribution is 0.0366. The van der Waals surface area contributed by atoms with Crippen LogP contribution in [0.5, 0.6) is 0 Å². The molecule has 0 aliphatic carbocycles. The van der Waals surface area contributed by atoms with Gasteiger partial charge in [0.25, 0.3) is 5.91 Å². The van der Waals surface area contributed by atoms with Crippen molar-refractivity contribution in [1.29, 1.82) is 0 Å². The summed E-state index contributed by atoms with van der Waals surface area (Å²) in [5, 5.41) is 9.82. The van der Waals surface area contributed by atoms with Gasteiger partial charge in [0.1, 0.15) is 5.82 Å². The van der Waals surface area contributed by atoms with E-state index < -0.39 is 0 Å². The van der Waals surface area contributed by atoms with Crippen molar-refractivity contribution in [2.24, 2.45) is 5.92 Å². The molecule has 3 nitrogen and oxygen atoms in total. The van der Waals surface area contributed by atoms with Crippen LogP contribution < -0.4 is 0 Å². The summed E-state index contributed by atoms with van der Waals surface area (Å²) in [5.41, 5.74) is 0. The summed E-state index contributed by atoms with van der Waals surface area (Å²) in [6.07, 6.45) is 0. The van der Waals surface area contributed by atoms with Crippen molar-refractivity contribution in [2.45, 2.75) is 0 Å². The number of likely N-dealkylation sites (tertiary alicyclic amines) is 1. The van der Waals surface area contributed by atoms with Crippen LogP contribution in [0.3, 0.4) is 0 Å². The molecule has 2 aromatic rings. The van der Waals surface area contributed by atoms with Crippen LogP contribution in [0.2, 0.25) is 0 Å². The Hall–Kier alpha value is -1.46. The Bertz CT molecular complexity index is 604. The Labute approximate surface area is 107 Å². The lowest BCUT2D eigenvalue weighted by Gasteiger charge is -2.37. The highest BCUT2D eigenvalue weighted by molar-refractivity contribution is 7.20. The summed E-state index contributed by atoms with van der Waals surface area (Å²) in [6, 6.07) is 6.33. The van der Waals surface area contributed by atoms with Gasteiger partial charge in [-0.2, -0.15) is 0 Å². The highest BCUT2D eigenvalue weighted by Gasteiger charge is 2.31. The van der Waals surface area contributed by atoms with Gasteiger partial charge in [-0.25, -0.2) is 4.39 Å². The van der Waals surface area contributed by atoms with Gasteiger partial charge in [-0.3, -0.25) is 4.79 Å². The fourth-order valence-corrected chi connectivity index (χ4v) is 3.17. The third-order valence-electron chi connectivity index (χ3n) is 3.20. The van der Waals surface area contributed by atoms with Gasteiger partial charge in [0.2, 0.25) is 0 Å². The zero-order valence-electron chi connectivity index (χ0n) is 9.60. The van der Waals surface area contributed by atoms with Crippen LogP contribution in [-0.4, -0.2) is 35.6 Å². The van der Waals surface area contributed by atoms with E-state index in [-0.39, 0.29) is 24.2 Å². The first kappa shape index (κ1) is 11.6. The molecule has 1 saturated heterocycles. The lowest BCUT2D eigenvalue weighted by Crippen LogP contribution is -2.51. The molecule has 1 fully saturated rings. The smallest absolute Gasteiger partial charge is 0.263 e. The normalized spacial score (nSPS) is 16.0.